The Balaban J connectivity index is 1.51. The first-order chi connectivity index (χ1) is 16.3. The first-order valence-electron chi connectivity index (χ1n) is 10.2. The van der Waals surface area contributed by atoms with Crippen LogP contribution in [0.25, 0.3) is 22.6 Å². The lowest BCUT2D eigenvalue weighted by atomic mass is 10.0. The van der Waals surface area contributed by atoms with E-state index in [0.29, 0.717) is 46.3 Å². The molecule has 0 aliphatic rings. The van der Waals surface area contributed by atoms with Gasteiger partial charge >= 0.3 is 5.69 Å². The van der Waals surface area contributed by atoms with Gasteiger partial charge in [-0.15, -0.1) is 0 Å². The van der Waals surface area contributed by atoms with Crippen LogP contribution >= 0.6 is 23.2 Å². The van der Waals surface area contributed by atoms with Crippen LogP contribution in [0.1, 0.15) is 5.69 Å². The molecule has 5 N–H and O–H groups in total. The van der Waals surface area contributed by atoms with E-state index in [1.807, 2.05) is 25.1 Å². The van der Waals surface area contributed by atoms with E-state index < -0.39 is 4.92 Å². The summed E-state index contributed by atoms with van der Waals surface area (Å²) >= 11 is 12.6. The number of imidazole rings is 1. The molecule has 4 rings (SSSR count). The minimum absolute atomic E-state index is 0.141. The maximum atomic E-state index is 10.9. The number of nitrogens with one attached hydrogen (secondary N) is 3. The second-order valence-corrected chi connectivity index (χ2v) is 8.19. The van der Waals surface area contributed by atoms with Crippen molar-refractivity contribution in [2.75, 3.05) is 29.5 Å². The van der Waals surface area contributed by atoms with Crippen molar-refractivity contribution in [1.82, 2.24) is 19.9 Å². The third-order valence-corrected chi connectivity index (χ3v) is 5.42. The van der Waals surface area contributed by atoms with Crippen molar-refractivity contribution in [1.29, 1.82) is 0 Å². The maximum Gasteiger partial charge on any atom is 0.311 e. The van der Waals surface area contributed by atoms with E-state index in [4.69, 9.17) is 33.9 Å². The fourth-order valence-corrected chi connectivity index (χ4v) is 3.78. The van der Waals surface area contributed by atoms with Crippen molar-refractivity contribution < 1.29 is 4.92 Å². The number of nitro groups is 1. The van der Waals surface area contributed by atoms with Crippen LogP contribution in [-0.4, -0.2) is 37.9 Å². The minimum Gasteiger partial charge on any atom is -0.378 e. The van der Waals surface area contributed by atoms with Gasteiger partial charge in [0.1, 0.15) is 17.5 Å². The number of pyridine rings is 2. The second-order valence-electron chi connectivity index (χ2n) is 7.34. The monoisotopic (exact) mass is 498 g/mol. The van der Waals surface area contributed by atoms with Crippen molar-refractivity contribution in [3.05, 3.63) is 74.5 Å². The van der Waals surface area contributed by atoms with E-state index >= 15 is 0 Å². The largest absolute Gasteiger partial charge is 0.378 e. The molecule has 0 amide bonds. The summed E-state index contributed by atoms with van der Waals surface area (Å²) < 4.78 is 0. The average Bonchev–Trinajstić information content (AvgIpc) is 3.22. The van der Waals surface area contributed by atoms with Gasteiger partial charge in [0.2, 0.25) is 5.82 Å². The van der Waals surface area contributed by atoms with E-state index in [1.54, 1.807) is 18.3 Å². The molecule has 0 saturated carbocycles. The molecule has 3 aromatic heterocycles. The van der Waals surface area contributed by atoms with E-state index in [0.717, 1.165) is 16.8 Å². The number of rotatable bonds is 8. The molecule has 1 aromatic carbocycles. The van der Waals surface area contributed by atoms with Crippen LogP contribution in [0.4, 0.5) is 23.1 Å². The lowest BCUT2D eigenvalue weighted by Crippen LogP contribution is -2.15. The van der Waals surface area contributed by atoms with Gasteiger partial charge in [-0.05, 0) is 43.3 Å². The van der Waals surface area contributed by atoms with Crippen molar-refractivity contribution in [2.24, 2.45) is 0 Å². The SMILES string of the molecule is Cc1cnc(-c2ccc(NCCNc3ccc([N+](=O)[O-])c(N)n3)nc2-c2ccc(Cl)cc2Cl)[nH]1. The highest BCUT2D eigenvalue weighted by atomic mass is 35.5. The van der Waals surface area contributed by atoms with E-state index in [2.05, 4.69) is 25.6 Å². The molecular weight excluding hydrogens is 479 g/mol. The average molecular weight is 499 g/mol. The van der Waals surface area contributed by atoms with Crippen LogP contribution in [0, 0.1) is 17.0 Å². The highest BCUT2D eigenvalue weighted by Gasteiger charge is 2.16. The molecule has 34 heavy (non-hydrogen) atoms. The summed E-state index contributed by atoms with van der Waals surface area (Å²) in [5.74, 6) is 1.61. The Labute approximate surface area is 204 Å². The van der Waals surface area contributed by atoms with Crippen LogP contribution in [0.3, 0.4) is 0 Å². The van der Waals surface area contributed by atoms with Gasteiger partial charge in [0.25, 0.3) is 0 Å². The first-order valence-corrected chi connectivity index (χ1v) is 10.9. The molecular formula is C22H20Cl2N8O2. The van der Waals surface area contributed by atoms with Gasteiger partial charge in [-0.2, -0.15) is 0 Å². The highest BCUT2D eigenvalue weighted by molar-refractivity contribution is 6.36. The number of aromatic nitrogens is 4. The maximum absolute atomic E-state index is 10.9. The van der Waals surface area contributed by atoms with Gasteiger partial charge < -0.3 is 21.4 Å². The summed E-state index contributed by atoms with van der Waals surface area (Å²) in [5, 5.41) is 18.2. The number of hydrogen-bond acceptors (Lipinski definition) is 8. The molecule has 0 saturated heterocycles. The molecule has 3 heterocycles. The van der Waals surface area contributed by atoms with Crippen molar-refractivity contribution in [3.8, 4) is 22.6 Å². The molecule has 0 spiro atoms. The number of benzene rings is 1. The number of H-pyrrole nitrogens is 1. The molecule has 0 radical (unpaired) electrons. The van der Waals surface area contributed by atoms with Gasteiger partial charge in [-0.25, -0.2) is 15.0 Å². The smallest absolute Gasteiger partial charge is 0.311 e. The summed E-state index contributed by atoms with van der Waals surface area (Å²) in [6, 6.07) is 11.8. The molecule has 12 heteroatoms. The summed E-state index contributed by atoms with van der Waals surface area (Å²) in [5.41, 5.74) is 8.50. The second kappa shape index (κ2) is 9.94. The number of nitrogen functional groups attached to an aromatic ring is 1. The number of anilines is 3. The molecule has 10 nitrogen and oxygen atoms in total. The van der Waals surface area contributed by atoms with E-state index in [9.17, 15) is 10.1 Å². The third-order valence-electron chi connectivity index (χ3n) is 4.88. The zero-order valence-corrected chi connectivity index (χ0v) is 19.5. The van der Waals surface area contributed by atoms with Crippen LogP contribution in [0.2, 0.25) is 10.0 Å². The number of aryl methyl sites for hydroxylation is 1. The van der Waals surface area contributed by atoms with Crippen LogP contribution < -0.4 is 16.4 Å². The summed E-state index contributed by atoms with van der Waals surface area (Å²) in [6.45, 7) is 2.90. The van der Waals surface area contributed by atoms with Gasteiger partial charge in [0.15, 0.2) is 0 Å². The summed E-state index contributed by atoms with van der Waals surface area (Å²) in [6.07, 6.45) is 1.75. The predicted octanol–water partition coefficient (Wildman–Crippen LogP) is 5.16. The number of nitrogens with zero attached hydrogens (tertiary/aromatic N) is 4. The van der Waals surface area contributed by atoms with Crippen molar-refractivity contribution in [2.45, 2.75) is 6.92 Å². The molecule has 174 valence electrons. The standard InChI is InChI=1S/C22H20Cl2N8O2/c1-12-11-28-22(29-12)15-4-6-18(30-20(15)14-3-2-13(23)10-16(14)24)26-8-9-27-19-7-5-17(32(33)34)21(25)31-19/h2-7,10-11H,8-9H2,1H3,(H,26,30)(H,28,29)(H3,25,27,31). The summed E-state index contributed by atoms with van der Waals surface area (Å²) in [7, 11) is 0. The minimum atomic E-state index is -0.572. The fourth-order valence-electron chi connectivity index (χ4n) is 3.29. The van der Waals surface area contributed by atoms with E-state index in [1.165, 1.54) is 12.1 Å². The lowest BCUT2D eigenvalue weighted by molar-refractivity contribution is -0.384. The Morgan fingerprint density at radius 1 is 1.03 bits per heavy atom. The molecule has 0 unspecified atom stereocenters. The molecule has 0 aliphatic heterocycles. The Bertz CT molecular complexity index is 1360. The molecule has 4 aromatic rings. The fraction of sp³-hybridized carbons (Fsp3) is 0.136. The first kappa shape index (κ1) is 23.3. The number of hydrogen-bond donors (Lipinski definition) is 4. The normalized spacial score (nSPS) is 10.8. The van der Waals surface area contributed by atoms with Crippen LogP contribution in [0.15, 0.2) is 48.7 Å². The van der Waals surface area contributed by atoms with Crippen LogP contribution in [-0.2, 0) is 0 Å². The quantitative estimate of drug-likeness (QED) is 0.148. The number of nitrogens with two attached hydrogens (primary N) is 1. The Kier molecular flexibility index (Phi) is 6.80. The highest BCUT2D eigenvalue weighted by Crippen LogP contribution is 2.35. The molecule has 0 fully saturated rings. The van der Waals surface area contributed by atoms with Gasteiger partial charge in [0.05, 0.1) is 15.6 Å². The Morgan fingerprint density at radius 3 is 2.32 bits per heavy atom. The number of aromatic amines is 1. The van der Waals surface area contributed by atoms with Gasteiger partial charge in [0, 0.05) is 47.2 Å². The van der Waals surface area contributed by atoms with Gasteiger partial charge in [-0.1, -0.05) is 23.2 Å². The third kappa shape index (κ3) is 5.19. The Morgan fingerprint density at radius 2 is 1.71 bits per heavy atom. The van der Waals surface area contributed by atoms with Crippen molar-refractivity contribution in [3.63, 3.8) is 0 Å². The Hall–Kier alpha value is -3.89. The molecule has 0 bridgehead atoms. The topological polar surface area (TPSA) is 148 Å². The summed E-state index contributed by atoms with van der Waals surface area (Å²) in [4.78, 5) is 26.7. The molecule has 0 aliphatic carbocycles. The number of halogens is 2. The molecule has 0 atom stereocenters. The zero-order valence-electron chi connectivity index (χ0n) is 18.0. The van der Waals surface area contributed by atoms with E-state index in [-0.39, 0.29) is 11.5 Å². The van der Waals surface area contributed by atoms with Crippen LogP contribution in [0.5, 0.6) is 0 Å². The van der Waals surface area contributed by atoms with Gasteiger partial charge in [-0.3, -0.25) is 10.1 Å². The van der Waals surface area contributed by atoms with Crippen molar-refractivity contribution >= 4 is 46.3 Å². The lowest BCUT2D eigenvalue weighted by Gasteiger charge is -2.13. The zero-order chi connectivity index (χ0) is 24.2. The predicted molar refractivity (Wildman–Crippen MR) is 134 cm³/mol.